The molecule has 1 aliphatic heterocycles. The molecule has 1 saturated heterocycles. The van der Waals surface area contributed by atoms with Crippen LogP contribution in [0.1, 0.15) is 87.5 Å². The van der Waals surface area contributed by atoms with Gasteiger partial charge in [-0.3, -0.25) is 0 Å². The summed E-state index contributed by atoms with van der Waals surface area (Å²) in [6.07, 6.45) is 5.11. The molecule has 5 heteroatoms. The highest BCUT2D eigenvalue weighted by molar-refractivity contribution is 4.96. The second-order valence-electron chi connectivity index (χ2n) is 9.12. The normalized spacial score (nSPS) is 24.3. The van der Waals surface area contributed by atoms with Gasteiger partial charge in [0.05, 0.1) is 37.6 Å². The van der Waals surface area contributed by atoms with Crippen molar-refractivity contribution in [2.45, 2.75) is 123 Å². The highest BCUT2D eigenvalue weighted by atomic mass is 16.5. The Hall–Kier alpha value is -0.200. The monoisotopic (exact) mass is 372 g/mol. The summed E-state index contributed by atoms with van der Waals surface area (Å²) in [5, 5.41) is 13.7. The highest BCUT2D eigenvalue weighted by Gasteiger charge is 2.47. The molecule has 1 heterocycles. The molecule has 26 heavy (non-hydrogen) atoms. The van der Waals surface area contributed by atoms with Gasteiger partial charge in [0.15, 0.2) is 0 Å². The second kappa shape index (κ2) is 10.4. The lowest BCUT2D eigenvalue weighted by Crippen LogP contribution is -2.60. The summed E-state index contributed by atoms with van der Waals surface area (Å²) >= 11 is 0. The predicted octanol–water partition coefficient (Wildman–Crippen LogP) is 4.76. The molecule has 0 aromatic carbocycles. The minimum Gasteiger partial charge on any atom is -0.376 e. The maximum Gasteiger partial charge on any atom is 0.0704 e. The van der Waals surface area contributed by atoms with E-state index in [1.54, 1.807) is 0 Å². The zero-order chi connectivity index (χ0) is 20.0. The molecule has 0 bridgehead atoms. The topological polar surface area (TPSA) is 50.8 Å². The molecule has 0 spiro atoms. The first kappa shape index (κ1) is 23.8. The van der Waals surface area contributed by atoms with Gasteiger partial charge in [-0.1, -0.05) is 13.8 Å². The van der Waals surface area contributed by atoms with Crippen molar-refractivity contribution in [1.29, 1.82) is 0 Å². The Labute approximate surface area is 161 Å². The van der Waals surface area contributed by atoms with E-state index in [9.17, 15) is 5.21 Å². The minimum atomic E-state index is -0.389. The zero-order valence-corrected chi connectivity index (χ0v) is 18.3. The van der Waals surface area contributed by atoms with Crippen LogP contribution in [-0.4, -0.2) is 53.8 Å². The van der Waals surface area contributed by atoms with Crippen molar-refractivity contribution in [2.75, 3.05) is 13.2 Å². The molecule has 1 radical (unpaired) electrons. The SMILES string of the molecule is CCC(C)OCCOC(C)CC(CC)OC1CC(C)(C)N([O])C(C)(C)C1. The fourth-order valence-electron chi connectivity index (χ4n) is 3.91. The number of ether oxygens (including phenoxy) is 3. The fourth-order valence-corrected chi connectivity index (χ4v) is 3.91. The third kappa shape index (κ3) is 7.43. The van der Waals surface area contributed by atoms with Gasteiger partial charge in [-0.15, -0.1) is 10.3 Å². The van der Waals surface area contributed by atoms with E-state index in [0.717, 1.165) is 32.1 Å². The van der Waals surface area contributed by atoms with Crippen LogP contribution in [0.2, 0.25) is 0 Å². The number of piperidine rings is 1. The molecule has 0 N–H and O–H groups in total. The quantitative estimate of drug-likeness (QED) is 0.491. The molecular weight excluding hydrogens is 330 g/mol. The Bertz CT molecular complexity index is 381. The van der Waals surface area contributed by atoms with Crippen molar-refractivity contribution in [3.05, 3.63) is 0 Å². The van der Waals surface area contributed by atoms with E-state index in [4.69, 9.17) is 14.2 Å². The van der Waals surface area contributed by atoms with Crippen molar-refractivity contribution in [2.24, 2.45) is 0 Å². The first-order valence-corrected chi connectivity index (χ1v) is 10.4. The van der Waals surface area contributed by atoms with E-state index >= 15 is 0 Å². The fraction of sp³-hybridized carbons (Fsp3) is 1.00. The van der Waals surface area contributed by atoms with Crippen molar-refractivity contribution >= 4 is 0 Å². The lowest BCUT2D eigenvalue weighted by Gasteiger charge is -2.50. The first-order valence-electron chi connectivity index (χ1n) is 10.4. The maximum atomic E-state index is 12.5. The van der Waals surface area contributed by atoms with Crippen LogP contribution < -0.4 is 0 Å². The molecule has 3 atom stereocenters. The van der Waals surface area contributed by atoms with E-state index < -0.39 is 0 Å². The Balaban J connectivity index is 2.44. The smallest absolute Gasteiger partial charge is 0.0704 e. The minimum absolute atomic E-state index is 0.121. The summed E-state index contributed by atoms with van der Waals surface area (Å²) < 4.78 is 18.0. The number of nitrogens with zero attached hydrogens (tertiary/aromatic N) is 1. The van der Waals surface area contributed by atoms with Crippen LogP contribution >= 0.6 is 0 Å². The molecule has 1 fully saturated rings. The molecule has 0 aromatic heterocycles. The number of hydrogen-bond acceptors (Lipinski definition) is 4. The van der Waals surface area contributed by atoms with E-state index in [1.165, 1.54) is 5.06 Å². The molecule has 155 valence electrons. The van der Waals surface area contributed by atoms with Crippen LogP contribution in [0.5, 0.6) is 0 Å². The predicted molar refractivity (Wildman–Crippen MR) is 105 cm³/mol. The van der Waals surface area contributed by atoms with Crippen LogP contribution in [0.3, 0.4) is 0 Å². The van der Waals surface area contributed by atoms with Crippen LogP contribution in [0.25, 0.3) is 0 Å². The van der Waals surface area contributed by atoms with Gasteiger partial charge < -0.3 is 14.2 Å². The Morgan fingerprint density at radius 2 is 1.42 bits per heavy atom. The van der Waals surface area contributed by atoms with E-state index in [0.29, 0.717) is 19.3 Å². The molecular formula is C21H42NO4. The van der Waals surface area contributed by atoms with Crippen LogP contribution in [-0.2, 0) is 19.4 Å². The summed E-state index contributed by atoms with van der Waals surface area (Å²) in [6.45, 7) is 17.8. The van der Waals surface area contributed by atoms with Crippen LogP contribution in [0.4, 0.5) is 0 Å². The van der Waals surface area contributed by atoms with E-state index in [2.05, 4.69) is 27.7 Å². The summed E-state index contributed by atoms with van der Waals surface area (Å²) in [7, 11) is 0. The molecule has 0 saturated carbocycles. The molecule has 1 aliphatic rings. The van der Waals surface area contributed by atoms with Gasteiger partial charge in [-0.25, -0.2) is 0 Å². The Kier molecular flexibility index (Phi) is 9.51. The van der Waals surface area contributed by atoms with Gasteiger partial charge in [-0.2, -0.15) is 0 Å². The maximum absolute atomic E-state index is 12.5. The van der Waals surface area contributed by atoms with E-state index in [-0.39, 0.29) is 29.4 Å². The zero-order valence-electron chi connectivity index (χ0n) is 18.3. The molecule has 0 aliphatic carbocycles. The number of hydrogen-bond donors (Lipinski definition) is 0. The second-order valence-corrected chi connectivity index (χ2v) is 9.12. The Morgan fingerprint density at radius 1 is 0.923 bits per heavy atom. The Morgan fingerprint density at radius 3 is 1.88 bits per heavy atom. The number of hydroxylamine groups is 2. The third-order valence-electron chi connectivity index (χ3n) is 5.45. The molecule has 0 aromatic rings. The lowest BCUT2D eigenvalue weighted by atomic mass is 9.80. The van der Waals surface area contributed by atoms with Crippen LogP contribution in [0, 0.1) is 0 Å². The van der Waals surface area contributed by atoms with Crippen molar-refractivity contribution in [3.8, 4) is 0 Å². The standard InChI is InChI=1S/C21H42NO4/c1-9-16(3)24-11-12-25-17(4)13-18(10-2)26-19-14-20(5,6)22(23)21(7,8)15-19/h16-19H,9-15H2,1-8H3. The van der Waals surface area contributed by atoms with Gasteiger partial charge in [-0.05, 0) is 73.6 Å². The van der Waals surface area contributed by atoms with Gasteiger partial charge in [0.25, 0.3) is 0 Å². The summed E-state index contributed by atoms with van der Waals surface area (Å²) in [5.41, 5.74) is -0.778. The van der Waals surface area contributed by atoms with Gasteiger partial charge in [0, 0.05) is 11.1 Å². The molecule has 1 rings (SSSR count). The summed E-state index contributed by atoms with van der Waals surface area (Å²) in [5.74, 6) is 0. The molecule has 3 unspecified atom stereocenters. The summed E-state index contributed by atoms with van der Waals surface area (Å²) in [6, 6.07) is 0. The van der Waals surface area contributed by atoms with Crippen molar-refractivity contribution in [3.63, 3.8) is 0 Å². The summed E-state index contributed by atoms with van der Waals surface area (Å²) in [4.78, 5) is 0. The van der Waals surface area contributed by atoms with Crippen molar-refractivity contribution < 1.29 is 19.4 Å². The van der Waals surface area contributed by atoms with Crippen molar-refractivity contribution in [1.82, 2.24) is 5.06 Å². The van der Waals surface area contributed by atoms with Gasteiger partial charge in [0.1, 0.15) is 0 Å². The third-order valence-corrected chi connectivity index (χ3v) is 5.45. The molecule has 0 amide bonds. The average molecular weight is 373 g/mol. The van der Waals surface area contributed by atoms with Crippen LogP contribution in [0.15, 0.2) is 0 Å². The first-order chi connectivity index (χ1) is 12.0. The molecule has 5 nitrogen and oxygen atoms in total. The van der Waals surface area contributed by atoms with Gasteiger partial charge >= 0.3 is 0 Å². The number of rotatable bonds is 11. The average Bonchev–Trinajstić information content (AvgIpc) is 2.55. The lowest BCUT2D eigenvalue weighted by molar-refractivity contribution is -0.303. The largest absolute Gasteiger partial charge is 0.376 e. The highest BCUT2D eigenvalue weighted by Crippen LogP contribution is 2.39. The van der Waals surface area contributed by atoms with Gasteiger partial charge in [0.2, 0.25) is 0 Å². The van der Waals surface area contributed by atoms with E-state index in [1.807, 2.05) is 27.7 Å².